The molecule has 0 fully saturated rings. The first kappa shape index (κ1) is 15.3. The lowest BCUT2D eigenvalue weighted by Gasteiger charge is -2.27. The molecule has 0 atom stereocenters. The van der Waals surface area contributed by atoms with E-state index in [9.17, 15) is 0 Å². The van der Waals surface area contributed by atoms with Crippen LogP contribution in [0.1, 0.15) is 19.0 Å². The standard InChI is InChI=1S/C15H22ClN3O/c1-3-17-10-14-13(16)4-5-15(18-14)19-8-6-12(7-9-19)11-20-2/h4-6,17H,3,7-11H2,1-2H3. The molecule has 0 bridgehead atoms. The predicted octanol–water partition coefficient (Wildman–Crippen LogP) is 2.63. The summed E-state index contributed by atoms with van der Waals surface area (Å²) in [5.74, 6) is 0.995. The number of hydrogen-bond acceptors (Lipinski definition) is 4. The van der Waals surface area contributed by atoms with Crippen molar-refractivity contribution in [1.82, 2.24) is 10.3 Å². The zero-order valence-electron chi connectivity index (χ0n) is 12.2. The molecular formula is C15H22ClN3O. The quantitative estimate of drug-likeness (QED) is 0.819. The van der Waals surface area contributed by atoms with E-state index in [1.807, 2.05) is 12.1 Å². The van der Waals surface area contributed by atoms with Gasteiger partial charge in [0.2, 0.25) is 0 Å². The number of rotatable bonds is 6. The highest BCUT2D eigenvalue weighted by Gasteiger charge is 2.14. The Kier molecular flexibility index (Phi) is 5.83. The Morgan fingerprint density at radius 1 is 1.45 bits per heavy atom. The number of aromatic nitrogens is 1. The van der Waals surface area contributed by atoms with Gasteiger partial charge in [0.05, 0.1) is 17.3 Å². The van der Waals surface area contributed by atoms with Crippen molar-refractivity contribution >= 4 is 17.4 Å². The predicted molar refractivity (Wildman–Crippen MR) is 83.4 cm³/mol. The normalized spacial score (nSPS) is 15.3. The Morgan fingerprint density at radius 2 is 2.30 bits per heavy atom. The molecule has 0 aliphatic carbocycles. The Balaban J connectivity index is 2.06. The lowest BCUT2D eigenvalue weighted by molar-refractivity contribution is 0.222. The topological polar surface area (TPSA) is 37.4 Å². The second kappa shape index (κ2) is 7.62. The molecule has 0 saturated carbocycles. The van der Waals surface area contributed by atoms with Gasteiger partial charge in [-0.15, -0.1) is 0 Å². The van der Waals surface area contributed by atoms with Crippen molar-refractivity contribution in [3.8, 4) is 0 Å². The molecule has 1 aromatic rings. The molecule has 0 radical (unpaired) electrons. The maximum Gasteiger partial charge on any atom is 0.129 e. The van der Waals surface area contributed by atoms with Crippen molar-refractivity contribution < 1.29 is 4.74 Å². The van der Waals surface area contributed by atoms with Gasteiger partial charge in [0.1, 0.15) is 5.82 Å². The largest absolute Gasteiger partial charge is 0.380 e. The molecular weight excluding hydrogens is 274 g/mol. The van der Waals surface area contributed by atoms with E-state index < -0.39 is 0 Å². The molecule has 0 aromatic carbocycles. The van der Waals surface area contributed by atoms with Crippen molar-refractivity contribution in [1.29, 1.82) is 0 Å². The third-order valence-electron chi connectivity index (χ3n) is 3.40. The first-order chi connectivity index (χ1) is 9.74. The maximum absolute atomic E-state index is 6.19. The van der Waals surface area contributed by atoms with Gasteiger partial charge in [-0.2, -0.15) is 0 Å². The minimum atomic E-state index is 0.710. The van der Waals surface area contributed by atoms with E-state index in [1.165, 1.54) is 5.57 Å². The van der Waals surface area contributed by atoms with Crippen LogP contribution in [0.2, 0.25) is 5.02 Å². The van der Waals surface area contributed by atoms with E-state index in [2.05, 4.69) is 28.2 Å². The number of nitrogens with one attached hydrogen (secondary N) is 1. The highest BCUT2D eigenvalue weighted by atomic mass is 35.5. The number of methoxy groups -OCH3 is 1. The number of hydrogen-bond donors (Lipinski definition) is 1. The van der Waals surface area contributed by atoms with Crippen LogP contribution >= 0.6 is 11.6 Å². The minimum Gasteiger partial charge on any atom is -0.380 e. The van der Waals surface area contributed by atoms with Crippen molar-refractivity contribution in [2.45, 2.75) is 19.9 Å². The molecule has 5 heteroatoms. The van der Waals surface area contributed by atoms with Gasteiger partial charge in [0.15, 0.2) is 0 Å². The molecule has 2 rings (SSSR count). The number of halogens is 1. The zero-order chi connectivity index (χ0) is 14.4. The molecule has 0 saturated heterocycles. The monoisotopic (exact) mass is 295 g/mol. The summed E-state index contributed by atoms with van der Waals surface area (Å²) < 4.78 is 5.17. The molecule has 1 N–H and O–H groups in total. The van der Waals surface area contributed by atoms with E-state index in [-0.39, 0.29) is 0 Å². The van der Waals surface area contributed by atoms with E-state index in [0.29, 0.717) is 6.54 Å². The number of nitrogens with zero attached hydrogens (tertiary/aromatic N) is 2. The van der Waals surface area contributed by atoms with Crippen molar-refractivity contribution in [3.63, 3.8) is 0 Å². The summed E-state index contributed by atoms with van der Waals surface area (Å²) >= 11 is 6.19. The molecule has 0 unspecified atom stereocenters. The lowest BCUT2D eigenvalue weighted by atomic mass is 10.1. The summed E-state index contributed by atoms with van der Waals surface area (Å²) in [6, 6.07) is 3.93. The average Bonchev–Trinajstić information content (AvgIpc) is 2.48. The fraction of sp³-hybridized carbons (Fsp3) is 0.533. The van der Waals surface area contributed by atoms with Gasteiger partial charge in [-0.3, -0.25) is 0 Å². The van der Waals surface area contributed by atoms with Crippen LogP contribution in [-0.2, 0) is 11.3 Å². The van der Waals surface area contributed by atoms with Gasteiger partial charge in [-0.1, -0.05) is 24.6 Å². The molecule has 20 heavy (non-hydrogen) atoms. The summed E-state index contributed by atoms with van der Waals surface area (Å²) in [6.07, 6.45) is 3.26. The third kappa shape index (κ3) is 3.95. The van der Waals surface area contributed by atoms with Gasteiger partial charge >= 0.3 is 0 Å². The van der Waals surface area contributed by atoms with E-state index >= 15 is 0 Å². The van der Waals surface area contributed by atoms with E-state index in [4.69, 9.17) is 16.3 Å². The third-order valence-corrected chi connectivity index (χ3v) is 3.75. The molecule has 1 aromatic heterocycles. The first-order valence-corrected chi connectivity index (χ1v) is 7.40. The van der Waals surface area contributed by atoms with Crippen LogP contribution in [0.25, 0.3) is 0 Å². The van der Waals surface area contributed by atoms with E-state index in [0.717, 1.165) is 49.2 Å². The molecule has 0 spiro atoms. The van der Waals surface area contributed by atoms with Crippen LogP contribution in [-0.4, -0.2) is 38.3 Å². The number of ether oxygens (including phenoxy) is 1. The Labute approximate surface area is 125 Å². The number of pyridine rings is 1. The summed E-state index contributed by atoms with van der Waals surface area (Å²) in [7, 11) is 1.74. The average molecular weight is 296 g/mol. The zero-order valence-corrected chi connectivity index (χ0v) is 12.9. The van der Waals surface area contributed by atoms with Crippen molar-refractivity contribution in [2.75, 3.05) is 38.3 Å². The maximum atomic E-state index is 6.19. The van der Waals surface area contributed by atoms with Crippen LogP contribution in [0.5, 0.6) is 0 Å². The fourth-order valence-corrected chi connectivity index (χ4v) is 2.42. The molecule has 0 amide bonds. The van der Waals surface area contributed by atoms with Crippen LogP contribution in [0, 0.1) is 0 Å². The van der Waals surface area contributed by atoms with Crippen LogP contribution in [0.15, 0.2) is 23.8 Å². The van der Waals surface area contributed by atoms with Gasteiger partial charge < -0.3 is 15.0 Å². The summed E-state index contributed by atoms with van der Waals surface area (Å²) in [6.45, 7) is 6.29. The summed E-state index contributed by atoms with van der Waals surface area (Å²) in [4.78, 5) is 6.94. The molecule has 1 aliphatic rings. The Bertz CT molecular complexity index is 476. The Hall–Kier alpha value is -1.10. The highest BCUT2D eigenvalue weighted by Crippen LogP contribution is 2.22. The van der Waals surface area contributed by atoms with E-state index in [1.54, 1.807) is 7.11 Å². The van der Waals surface area contributed by atoms with Gasteiger partial charge in [0.25, 0.3) is 0 Å². The van der Waals surface area contributed by atoms with Crippen molar-refractivity contribution in [3.05, 3.63) is 34.5 Å². The smallest absolute Gasteiger partial charge is 0.129 e. The SMILES string of the molecule is CCNCc1nc(N2CC=C(COC)CC2)ccc1Cl. The summed E-state index contributed by atoms with van der Waals surface area (Å²) in [5.41, 5.74) is 2.28. The van der Waals surface area contributed by atoms with Gasteiger partial charge in [-0.25, -0.2) is 4.98 Å². The van der Waals surface area contributed by atoms with Gasteiger partial charge in [0, 0.05) is 26.7 Å². The first-order valence-electron chi connectivity index (χ1n) is 7.02. The molecule has 4 nitrogen and oxygen atoms in total. The number of anilines is 1. The van der Waals surface area contributed by atoms with Crippen LogP contribution in [0.3, 0.4) is 0 Å². The minimum absolute atomic E-state index is 0.710. The Morgan fingerprint density at radius 3 is 2.95 bits per heavy atom. The second-order valence-corrected chi connectivity index (χ2v) is 5.28. The molecule has 1 aliphatic heterocycles. The van der Waals surface area contributed by atoms with Crippen LogP contribution in [0.4, 0.5) is 5.82 Å². The fourth-order valence-electron chi connectivity index (χ4n) is 2.25. The van der Waals surface area contributed by atoms with Gasteiger partial charge in [-0.05, 0) is 30.7 Å². The lowest BCUT2D eigenvalue weighted by Crippen LogP contribution is -2.30. The van der Waals surface area contributed by atoms with Crippen LogP contribution < -0.4 is 10.2 Å². The summed E-state index contributed by atoms with van der Waals surface area (Å²) in [5, 5.41) is 3.99. The molecule has 110 valence electrons. The van der Waals surface area contributed by atoms with Crippen molar-refractivity contribution in [2.24, 2.45) is 0 Å². The highest BCUT2D eigenvalue weighted by molar-refractivity contribution is 6.31. The molecule has 2 heterocycles. The second-order valence-electron chi connectivity index (χ2n) is 4.87.